The van der Waals surface area contributed by atoms with Crippen molar-refractivity contribution in [2.45, 2.75) is 71.6 Å². The normalized spacial score (nSPS) is 18.8. The van der Waals surface area contributed by atoms with Crippen LogP contribution >= 0.6 is 0 Å². The summed E-state index contributed by atoms with van der Waals surface area (Å²) in [5.41, 5.74) is 0. The van der Waals surface area contributed by atoms with Gasteiger partial charge < -0.3 is 0 Å². The summed E-state index contributed by atoms with van der Waals surface area (Å²) in [5.74, 6) is 0. The summed E-state index contributed by atoms with van der Waals surface area (Å²) in [5, 5.41) is 0. The van der Waals surface area contributed by atoms with Crippen molar-refractivity contribution >= 4 is 0 Å². The lowest BCUT2D eigenvalue weighted by atomic mass is 10.2. The first kappa shape index (κ1) is 15.9. The smallest absolute Gasteiger partial charge is 0.210 e. The molecule has 0 radical (unpaired) electrons. The van der Waals surface area contributed by atoms with E-state index in [1.807, 2.05) is 9.80 Å². The van der Waals surface area contributed by atoms with E-state index in [2.05, 4.69) is 13.8 Å². The molecule has 1 fully saturated rings. The van der Waals surface area contributed by atoms with Crippen LogP contribution in [0, 0.1) is 0 Å². The van der Waals surface area contributed by atoms with E-state index >= 15 is 0 Å². The van der Waals surface area contributed by atoms with Gasteiger partial charge in [0.05, 0.1) is 0 Å². The molecule has 0 spiro atoms. The van der Waals surface area contributed by atoms with Crippen LogP contribution in [-0.2, 0) is 0 Å². The molecule has 0 atom stereocenters. The first-order chi connectivity index (χ1) is 8.79. The number of halogens is 1. The Labute approximate surface area is 113 Å². The zero-order valence-electron chi connectivity index (χ0n) is 12.3. The second kappa shape index (κ2) is 9.74. The molecule has 0 unspecified atom stereocenters. The average Bonchev–Trinajstić information content (AvgIpc) is 2.72. The first-order valence-corrected chi connectivity index (χ1v) is 7.91. The van der Waals surface area contributed by atoms with Crippen LogP contribution < -0.4 is 0 Å². The topological polar surface area (TPSA) is 6.48 Å². The molecule has 0 N–H and O–H groups in total. The van der Waals surface area contributed by atoms with Crippen LogP contribution in [0.2, 0.25) is 0 Å². The van der Waals surface area contributed by atoms with Crippen molar-refractivity contribution in [2.24, 2.45) is 0 Å². The zero-order chi connectivity index (χ0) is 13.2. The standard InChI is InChI=1S/C15H31FN2/c1-3-5-7-9-11-17-13-14-18(15(17)16)12-10-8-6-4-2/h15H,3-14H2,1-2H3. The molecule has 0 saturated carbocycles. The first-order valence-electron chi connectivity index (χ1n) is 7.91. The van der Waals surface area contributed by atoms with Gasteiger partial charge in [-0.15, -0.1) is 0 Å². The highest BCUT2D eigenvalue weighted by Crippen LogP contribution is 2.18. The molecule has 0 bridgehead atoms. The Kier molecular flexibility index (Phi) is 8.60. The fraction of sp³-hybridized carbons (Fsp3) is 1.00. The van der Waals surface area contributed by atoms with Gasteiger partial charge in [-0.1, -0.05) is 52.4 Å². The third-order valence-electron chi connectivity index (χ3n) is 3.87. The van der Waals surface area contributed by atoms with Crippen molar-refractivity contribution in [1.29, 1.82) is 0 Å². The van der Waals surface area contributed by atoms with Gasteiger partial charge >= 0.3 is 0 Å². The Balaban J connectivity index is 2.10. The van der Waals surface area contributed by atoms with Crippen molar-refractivity contribution < 1.29 is 4.39 Å². The highest BCUT2D eigenvalue weighted by Gasteiger charge is 2.30. The van der Waals surface area contributed by atoms with E-state index in [1.165, 1.54) is 38.5 Å². The van der Waals surface area contributed by atoms with Gasteiger partial charge in [-0.05, 0) is 12.8 Å². The predicted molar refractivity (Wildman–Crippen MR) is 76.3 cm³/mol. The molecule has 1 aliphatic heterocycles. The summed E-state index contributed by atoms with van der Waals surface area (Å²) in [4.78, 5) is 4.02. The Bertz CT molecular complexity index is 179. The quantitative estimate of drug-likeness (QED) is 0.431. The van der Waals surface area contributed by atoms with Gasteiger partial charge in [-0.2, -0.15) is 0 Å². The maximum atomic E-state index is 14.1. The SMILES string of the molecule is CCCCCCN1CCN(CCCCCC)C1F. The van der Waals surface area contributed by atoms with Crippen molar-refractivity contribution in [3.05, 3.63) is 0 Å². The van der Waals surface area contributed by atoms with Crippen molar-refractivity contribution in [3.63, 3.8) is 0 Å². The molecule has 1 rings (SSSR count). The third-order valence-corrected chi connectivity index (χ3v) is 3.87. The van der Waals surface area contributed by atoms with Crippen molar-refractivity contribution in [2.75, 3.05) is 26.2 Å². The lowest BCUT2D eigenvalue weighted by Crippen LogP contribution is -2.36. The lowest BCUT2D eigenvalue weighted by molar-refractivity contribution is 0.0155. The number of rotatable bonds is 10. The van der Waals surface area contributed by atoms with E-state index in [1.54, 1.807) is 0 Å². The minimum atomic E-state index is -0.812. The second-order valence-electron chi connectivity index (χ2n) is 5.50. The Morgan fingerprint density at radius 3 is 1.61 bits per heavy atom. The van der Waals surface area contributed by atoms with Crippen molar-refractivity contribution in [1.82, 2.24) is 9.80 Å². The van der Waals surface area contributed by atoms with Gasteiger partial charge in [0.25, 0.3) is 0 Å². The summed E-state index contributed by atoms with van der Waals surface area (Å²) in [6, 6.07) is 0. The van der Waals surface area contributed by atoms with Gasteiger partial charge in [-0.25, -0.2) is 4.39 Å². The van der Waals surface area contributed by atoms with E-state index in [9.17, 15) is 4.39 Å². The minimum absolute atomic E-state index is 0.812. The second-order valence-corrected chi connectivity index (χ2v) is 5.50. The van der Waals surface area contributed by atoms with Crippen LogP contribution in [0.4, 0.5) is 4.39 Å². The molecule has 0 aromatic rings. The van der Waals surface area contributed by atoms with E-state index in [4.69, 9.17) is 0 Å². The zero-order valence-corrected chi connectivity index (χ0v) is 12.3. The highest BCUT2D eigenvalue weighted by molar-refractivity contribution is 4.75. The van der Waals surface area contributed by atoms with Gasteiger partial charge in [0.15, 0.2) is 0 Å². The molecule has 1 saturated heterocycles. The largest absolute Gasteiger partial charge is 0.260 e. The fourth-order valence-corrected chi connectivity index (χ4v) is 2.62. The molecule has 0 aliphatic carbocycles. The van der Waals surface area contributed by atoms with Gasteiger partial charge in [0.1, 0.15) is 0 Å². The summed E-state index contributed by atoms with van der Waals surface area (Å²) in [6.45, 7) is 8.14. The molecular formula is C15H31FN2. The summed E-state index contributed by atoms with van der Waals surface area (Å²) in [7, 11) is 0. The summed E-state index contributed by atoms with van der Waals surface area (Å²) >= 11 is 0. The molecular weight excluding hydrogens is 227 g/mol. The number of unbranched alkanes of at least 4 members (excludes halogenated alkanes) is 6. The Morgan fingerprint density at radius 1 is 0.778 bits per heavy atom. The van der Waals surface area contributed by atoms with Crippen molar-refractivity contribution in [3.8, 4) is 0 Å². The van der Waals surface area contributed by atoms with Crippen LogP contribution in [-0.4, -0.2) is 42.4 Å². The summed E-state index contributed by atoms with van der Waals surface area (Å²) < 4.78 is 14.1. The number of hydrogen-bond donors (Lipinski definition) is 0. The number of hydrogen-bond acceptors (Lipinski definition) is 2. The predicted octanol–water partition coefficient (Wildman–Crippen LogP) is 4.02. The van der Waals surface area contributed by atoms with E-state index in [0.29, 0.717) is 0 Å². The van der Waals surface area contributed by atoms with E-state index in [-0.39, 0.29) is 0 Å². The molecule has 2 nitrogen and oxygen atoms in total. The molecule has 108 valence electrons. The monoisotopic (exact) mass is 258 g/mol. The van der Waals surface area contributed by atoms with Crippen LogP contribution in [0.15, 0.2) is 0 Å². The molecule has 3 heteroatoms. The van der Waals surface area contributed by atoms with E-state index < -0.39 is 6.42 Å². The Hall–Kier alpha value is -0.150. The maximum Gasteiger partial charge on any atom is 0.210 e. The van der Waals surface area contributed by atoms with E-state index in [0.717, 1.165) is 39.0 Å². The summed E-state index contributed by atoms with van der Waals surface area (Å²) in [6.07, 6.45) is 9.05. The number of alkyl halides is 1. The van der Waals surface area contributed by atoms with Crippen LogP contribution in [0.3, 0.4) is 0 Å². The molecule has 0 aromatic heterocycles. The molecule has 0 amide bonds. The van der Waals surface area contributed by atoms with Crippen LogP contribution in [0.5, 0.6) is 0 Å². The number of nitrogens with zero attached hydrogens (tertiary/aromatic N) is 2. The maximum absolute atomic E-state index is 14.1. The highest BCUT2D eigenvalue weighted by atomic mass is 19.1. The third kappa shape index (κ3) is 5.66. The average molecular weight is 258 g/mol. The van der Waals surface area contributed by atoms with Crippen LogP contribution in [0.1, 0.15) is 65.2 Å². The molecule has 1 aliphatic rings. The van der Waals surface area contributed by atoms with Gasteiger partial charge in [0, 0.05) is 26.2 Å². The van der Waals surface area contributed by atoms with Gasteiger partial charge in [-0.3, -0.25) is 9.80 Å². The van der Waals surface area contributed by atoms with Gasteiger partial charge in [0.2, 0.25) is 6.42 Å². The molecule has 18 heavy (non-hydrogen) atoms. The lowest BCUT2D eigenvalue weighted by Gasteiger charge is -2.23. The molecule has 1 heterocycles. The Morgan fingerprint density at radius 2 is 1.22 bits per heavy atom. The fourth-order valence-electron chi connectivity index (χ4n) is 2.62. The van der Waals surface area contributed by atoms with Crippen LogP contribution in [0.25, 0.3) is 0 Å². The minimum Gasteiger partial charge on any atom is -0.260 e. The molecule has 0 aromatic carbocycles.